The Morgan fingerprint density at radius 2 is 1.62 bits per heavy atom. The van der Waals surface area contributed by atoms with E-state index in [4.69, 9.17) is 4.74 Å². The van der Waals surface area contributed by atoms with Crippen LogP contribution in [-0.4, -0.2) is 13.1 Å². The van der Waals surface area contributed by atoms with Crippen molar-refractivity contribution < 1.29 is 9.53 Å². The third-order valence-electron chi connectivity index (χ3n) is 4.15. The van der Waals surface area contributed by atoms with Crippen LogP contribution < -0.4 is 4.90 Å². The number of carbonyl (C=O) groups is 1. The van der Waals surface area contributed by atoms with Gasteiger partial charge in [-0.05, 0) is 35.7 Å². The van der Waals surface area contributed by atoms with Crippen molar-refractivity contribution in [3.05, 3.63) is 65.2 Å². The van der Waals surface area contributed by atoms with Gasteiger partial charge in [-0.2, -0.15) is 0 Å². The predicted molar refractivity (Wildman–Crippen MR) is 83.2 cm³/mol. The first-order chi connectivity index (χ1) is 10.2. The number of anilines is 1. The van der Waals surface area contributed by atoms with Gasteiger partial charge in [-0.1, -0.05) is 36.4 Å². The molecule has 0 radical (unpaired) electrons. The highest BCUT2D eigenvalue weighted by molar-refractivity contribution is 5.77. The predicted octanol–water partition coefficient (Wildman–Crippen LogP) is 3.48. The molecule has 0 bridgehead atoms. The Morgan fingerprint density at radius 3 is 2.14 bits per heavy atom. The number of rotatable bonds is 3. The van der Waals surface area contributed by atoms with E-state index in [0.717, 1.165) is 18.7 Å². The van der Waals surface area contributed by atoms with Crippen molar-refractivity contribution in [2.75, 3.05) is 12.0 Å². The molecule has 1 aliphatic heterocycles. The minimum atomic E-state index is -0.222. The van der Waals surface area contributed by atoms with E-state index in [2.05, 4.69) is 41.3 Å². The SMILES string of the molecule is COC(=O)C(C)c1ccc(N2Cc3ccccc3C2)cc1. The quantitative estimate of drug-likeness (QED) is 0.807. The lowest BCUT2D eigenvalue weighted by molar-refractivity contribution is -0.141. The molecule has 3 nitrogen and oxygen atoms in total. The van der Waals surface area contributed by atoms with E-state index in [9.17, 15) is 4.79 Å². The van der Waals surface area contributed by atoms with Gasteiger partial charge in [0.05, 0.1) is 13.0 Å². The summed E-state index contributed by atoms with van der Waals surface area (Å²) in [6.07, 6.45) is 0. The Balaban J connectivity index is 1.76. The molecule has 2 aromatic rings. The molecule has 3 rings (SSSR count). The molecule has 2 aromatic carbocycles. The molecular formula is C18H19NO2. The van der Waals surface area contributed by atoms with Crippen molar-refractivity contribution in [3.8, 4) is 0 Å². The third kappa shape index (κ3) is 2.64. The van der Waals surface area contributed by atoms with E-state index in [0.29, 0.717) is 0 Å². The average molecular weight is 281 g/mol. The monoisotopic (exact) mass is 281 g/mol. The molecule has 1 aliphatic rings. The summed E-state index contributed by atoms with van der Waals surface area (Å²) >= 11 is 0. The van der Waals surface area contributed by atoms with E-state index in [1.165, 1.54) is 23.9 Å². The van der Waals surface area contributed by atoms with Gasteiger partial charge in [0.1, 0.15) is 0 Å². The second-order valence-electron chi connectivity index (χ2n) is 5.46. The fourth-order valence-corrected chi connectivity index (χ4v) is 2.80. The highest BCUT2D eigenvalue weighted by Gasteiger charge is 2.19. The topological polar surface area (TPSA) is 29.5 Å². The smallest absolute Gasteiger partial charge is 0.312 e. The summed E-state index contributed by atoms with van der Waals surface area (Å²) in [5.41, 5.74) is 4.96. The van der Waals surface area contributed by atoms with Crippen LogP contribution >= 0.6 is 0 Å². The number of nitrogens with zero attached hydrogens (tertiary/aromatic N) is 1. The molecule has 0 spiro atoms. The highest BCUT2D eigenvalue weighted by atomic mass is 16.5. The van der Waals surface area contributed by atoms with Crippen LogP contribution in [0.15, 0.2) is 48.5 Å². The number of esters is 1. The summed E-state index contributed by atoms with van der Waals surface area (Å²) < 4.78 is 4.79. The van der Waals surface area contributed by atoms with Crippen molar-refractivity contribution in [3.63, 3.8) is 0 Å². The summed E-state index contributed by atoms with van der Waals surface area (Å²) in [5, 5.41) is 0. The molecule has 0 aliphatic carbocycles. The molecule has 0 saturated carbocycles. The summed E-state index contributed by atoms with van der Waals surface area (Å²) in [5.74, 6) is -0.420. The summed E-state index contributed by atoms with van der Waals surface area (Å²) in [7, 11) is 1.43. The number of methoxy groups -OCH3 is 1. The lowest BCUT2D eigenvalue weighted by Gasteiger charge is -2.19. The van der Waals surface area contributed by atoms with Gasteiger partial charge in [0, 0.05) is 18.8 Å². The summed E-state index contributed by atoms with van der Waals surface area (Å²) in [6, 6.07) is 16.7. The molecule has 1 heterocycles. The Kier molecular flexibility index (Phi) is 3.65. The fourth-order valence-electron chi connectivity index (χ4n) is 2.80. The van der Waals surface area contributed by atoms with Gasteiger partial charge in [-0.3, -0.25) is 4.79 Å². The fraction of sp³-hybridized carbons (Fsp3) is 0.278. The van der Waals surface area contributed by atoms with Crippen molar-refractivity contribution >= 4 is 11.7 Å². The van der Waals surface area contributed by atoms with E-state index in [1.54, 1.807) is 0 Å². The molecule has 108 valence electrons. The number of hydrogen-bond donors (Lipinski definition) is 0. The lowest BCUT2D eigenvalue weighted by atomic mass is 10.0. The van der Waals surface area contributed by atoms with Crippen LogP contribution in [-0.2, 0) is 22.6 Å². The van der Waals surface area contributed by atoms with Crippen molar-refractivity contribution in [2.45, 2.75) is 25.9 Å². The van der Waals surface area contributed by atoms with Crippen LogP contribution in [0.2, 0.25) is 0 Å². The Labute approximate surface area is 125 Å². The van der Waals surface area contributed by atoms with Crippen LogP contribution in [0.1, 0.15) is 29.5 Å². The number of hydrogen-bond acceptors (Lipinski definition) is 3. The molecular weight excluding hydrogens is 262 g/mol. The minimum absolute atomic E-state index is 0.198. The van der Waals surface area contributed by atoms with Crippen LogP contribution in [0.4, 0.5) is 5.69 Å². The molecule has 0 aromatic heterocycles. The highest BCUT2D eigenvalue weighted by Crippen LogP contribution is 2.29. The van der Waals surface area contributed by atoms with Gasteiger partial charge in [-0.15, -0.1) is 0 Å². The van der Waals surface area contributed by atoms with E-state index < -0.39 is 0 Å². The van der Waals surface area contributed by atoms with Gasteiger partial charge in [0.25, 0.3) is 0 Å². The van der Waals surface area contributed by atoms with E-state index in [-0.39, 0.29) is 11.9 Å². The zero-order valence-electron chi connectivity index (χ0n) is 12.4. The Morgan fingerprint density at radius 1 is 1.05 bits per heavy atom. The van der Waals surface area contributed by atoms with Gasteiger partial charge in [0.2, 0.25) is 0 Å². The minimum Gasteiger partial charge on any atom is -0.469 e. The molecule has 1 atom stereocenters. The van der Waals surface area contributed by atoms with Crippen LogP contribution in [0.5, 0.6) is 0 Å². The standard InChI is InChI=1S/C18H19NO2/c1-13(18(20)21-2)14-7-9-17(10-8-14)19-11-15-5-3-4-6-16(15)12-19/h3-10,13H,11-12H2,1-2H3. The third-order valence-corrected chi connectivity index (χ3v) is 4.15. The second kappa shape index (κ2) is 5.60. The number of fused-ring (bicyclic) bond motifs is 1. The molecule has 0 amide bonds. The van der Waals surface area contributed by atoms with E-state index in [1.807, 2.05) is 19.1 Å². The van der Waals surface area contributed by atoms with E-state index >= 15 is 0 Å². The van der Waals surface area contributed by atoms with Gasteiger partial charge in [0.15, 0.2) is 0 Å². The number of benzene rings is 2. The van der Waals surface area contributed by atoms with Gasteiger partial charge < -0.3 is 9.64 Å². The summed E-state index contributed by atoms with van der Waals surface area (Å²) in [6.45, 7) is 3.76. The molecule has 0 N–H and O–H groups in total. The maximum Gasteiger partial charge on any atom is 0.312 e. The first-order valence-corrected chi connectivity index (χ1v) is 7.18. The van der Waals surface area contributed by atoms with Crippen LogP contribution in [0, 0.1) is 0 Å². The maximum absolute atomic E-state index is 11.6. The average Bonchev–Trinajstić information content (AvgIpc) is 2.97. The Hall–Kier alpha value is -2.29. The first kappa shape index (κ1) is 13.7. The maximum atomic E-state index is 11.6. The number of ether oxygens (including phenoxy) is 1. The van der Waals surface area contributed by atoms with Crippen molar-refractivity contribution in [2.24, 2.45) is 0 Å². The van der Waals surface area contributed by atoms with Crippen molar-refractivity contribution in [1.82, 2.24) is 0 Å². The normalized spacial score (nSPS) is 14.7. The molecule has 21 heavy (non-hydrogen) atoms. The molecule has 0 fully saturated rings. The van der Waals surface area contributed by atoms with Crippen LogP contribution in [0.3, 0.4) is 0 Å². The molecule has 0 saturated heterocycles. The zero-order valence-corrected chi connectivity index (χ0v) is 12.4. The lowest BCUT2D eigenvalue weighted by Crippen LogP contribution is -2.15. The van der Waals surface area contributed by atoms with Gasteiger partial charge >= 0.3 is 5.97 Å². The first-order valence-electron chi connectivity index (χ1n) is 7.18. The van der Waals surface area contributed by atoms with Crippen molar-refractivity contribution in [1.29, 1.82) is 0 Å². The summed E-state index contributed by atoms with van der Waals surface area (Å²) in [4.78, 5) is 13.9. The molecule has 1 unspecified atom stereocenters. The second-order valence-corrected chi connectivity index (χ2v) is 5.46. The molecule has 3 heteroatoms. The zero-order chi connectivity index (χ0) is 14.8. The number of carbonyl (C=O) groups excluding carboxylic acids is 1. The Bertz CT molecular complexity index is 624. The largest absolute Gasteiger partial charge is 0.469 e. The van der Waals surface area contributed by atoms with Gasteiger partial charge in [-0.25, -0.2) is 0 Å². The van der Waals surface area contributed by atoms with Crippen LogP contribution in [0.25, 0.3) is 0 Å².